The summed E-state index contributed by atoms with van der Waals surface area (Å²) in [6, 6.07) is 5.40. The number of anilines is 1. The Morgan fingerprint density at radius 1 is 1.43 bits per heavy atom. The number of oxazole rings is 1. The molecule has 0 radical (unpaired) electrons. The maximum atomic E-state index is 12.2. The zero-order chi connectivity index (χ0) is 16.4. The number of rotatable bonds is 4. The minimum atomic E-state index is -0.105. The molecule has 0 saturated heterocycles. The standard InChI is InChI=1S/C16H18ClN3O3/c1-10-11(2)23-16(19-10)8-18-15(21)9-20-5-6-22-14-4-3-12(17)7-13(14)20/h3-4,7H,5-6,8-9H2,1-2H3,(H,18,21). The molecule has 1 N–H and O–H groups in total. The van der Waals surface area contributed by atoms with E-state index in [0.29, 0.717) is 24.1 Å². The Hall–Kier alpha value is -2.21. The molecule has 1 aliphatic heterocycles. The lowest BCUT2D eigenvalue weighted by Crippen LogP contribution is -2.41. The Morgan fingerprint density at radius 2 is 2.26 bits per heavy atom. The molecular formula is C16H18ClN3O3. The number of aromatic nitrogens is 1. The maximum absolute atomic E-state index is 12.2. The lowest BCUT2D eigenvalue weighted by Gasteiger charge is -2.30. The van der Waals surface area contributed by atoms with Crippen molar-refractivity contribution in [2.75, 3.05) is 24.6 Å². The summed E-state index contributed by atoms with van der Waals surface area (Å²) < 4.78 is 11.0. The molecule has 1 amide bonds. The Bertz CT molecular complexity index is 710. The van der Waals surface area contributed by atoms with Crippen molar-refractivity contribution in [1.29, 1.82) is 0 Å². The number of amides is 1. The van der Waals surface area contributed by atoms with Crippen LogP contribution in [0.15, 0.2) is 22.6 Å². The van der Waals surface area contributed by atoms with Gasteiger partial charge in [0.25, 0.3) is 0 Å². The number of halogens is 1. The molecule has 0 atom stereocenters. The largest absolute Gasteiger partial charge is 0.490 e. The SMILES string of the molecule is Cc1nc(CNC(=O)CN2CCOc3ccc(Cl)cc32)oc1C. The van der Waals surface area contributed by atoms with Gasteiger partial charge >= 0.3 is 0 Å². The summed E-state index contributed by atoms with van der Waals surface area (Å²) in [5.74, 6) is 1.92. The van der Waals surface area contributed by atoms with E-state index in [-0.39, 0.29) is 19.0 Å². The molecule has 0 spiro atoms. The summed E-state index contributed by atoms with van der Waals surface area (Å²) in [6.45, 7) is 5.41. The Labute approximate surface area is 139 Å². The van der Waals surface area contributed by atoms with E-state index in [2.05, 4.69) is 10.3 Å². The van der Waals surface area contributed by atoms with Gasteiger partial charge in [0.15, 0.2) is 0 Å². The van der Waals surface area contributed by atoms with Gasteiger partial charge in [-0.25, -0.2) is 4.98 Å². The second-order valence-electron chi connectivity index (χ2n) is 5.41. The fraction of sp³-hybridized carbons (Fsp3) is 0.375. The fourth-order valence-corrected chi connectivity index (χ4v) is 2.59. The van der Waals surface area contributed by atoms with E-state index in [0.717, 1.165) is 22.9 Å². The molecule has 0 bridgehead atoms. The van der Waals surface area contributed by atoms with E-state index < -0.39 is 0 Å². The predicted octanol–water partition coefficient (Wildman–Crippen LogP) is 2.46. The minimum absolute atomic E-state index is 0.105. The molecule has 7 heteroatoms. The van der Waals surface area contributed by atoms with Crippen molar-refractivity contribution < 1.29 is 13.9 Å². The fourth-order valence-electron chi connectivity index (χ4n) is 2.43. The van der Waals surface area contributed by atoms with E-state index in [1.54, 1.807) is 6.07 Å². The van der Waals surface area contributed by atoms with Crippen LogP contribution in [0.1, 0.15) is 17.3 Å². The first kappa shape index (κ1) is 15.7. The number of ether oxygens (including phenoxy) is 1. The molecule has 0 saturated carbocycles. The molecule has 2 aromatic rings. The monoisotopic (exact) mass is 335 g/mol. The number of hydrogen-bond acceptors (Lipinski definition) is 5. The number of aryl methyl sites for hydroxylation is 2. The van der Waals surface area contributed by atoms with Crippen molar-refractivity contribution in [1.82, 2.24) is 10.3 Å². The highest BCUT2D eigenvalue weighted by Crippen LogP contribution is 2.33. The highest BCUT2D eigenvalue weighted by Gasteiger charge is 2.20. The van der Waals surface area contributed by atoms with Crippen LogP contribution in [0, 0.1) is 13.8 Å². The van der Waals surface area contributed by atoms with Gasteiger partial charge in [-0.3, -0.25) is 4.79 Å². The van der Waals surface area contributed by atoms with Gasteiger partial charge in [0.1, 0.15) is 18.1 Å². The summed E-state index contributed by atoms with van der Waals surface area (Å²) in [5, 5.41) is 3.44. The first-order valence-corrected chi connectivity index (χ1v) is 7.77. The van der Waals surface area contributed by atoms with E-state index in [1.165, 1.54) is 0 Å². The Kier molecular flexibility index (Phi) is 4.43. The molecule has 3 rings (SSSR count). The normalized spacial score (nSPS) is 13.4. The molecule has 122 valence electrons. The van der Waals surface area contributed by atoms with Gasteiger partial charge < -0.3 is 19.4 Å². The van der Waals surface area contributed by atoms with Gasteiger partial charge in [-0.05, 0) is 32.0 Å². The molecule has 0 aliphatic carbocycles. The number of benzene rings is 1. The van der Waals surface area contributed by atoms with Crippen LogP contribution in [0.3, 0.4) is 0 Å². The quantitative estimate of drug-likeness (QED) is 0.929. The van der Waals surface area contributed by atoms with Gasteiger partial charge in [0.2, 0.25) is 11.8 Å². The lowest BCUT2D eigenvalue weighted by atomic mass is 10.2. The van der Waals surface area contributed by atoms with Crippen molar-refractivity contribution in [3.8, 4) is 5.75 Å². The van der Waals surface area contributed by atoms with E-state index in [9.17, 15) is 4.79 Å². The van der Waals surface area contributed by atoms with Crippen molar-refractivity contribution >= 4 is 23.2 Å². The lowest BCUT2D eigenvalue weighted by molar-refractivity contribution is -0.120. The minimum Gasteiger partial charge on any atom is -0.490 e. The highest BCUT2D eigenvalue weighted by molar-refractivity contribution is 6.31. The van der Waals surface area contributed by atoms with Crippen molar-refractivity contribution in [2.45, 2.75) is 20.4 Å². The summed E-state index contributed by atoms with van der Waals surface area (Å²) in [7, 11) is 0. The summed E-state index contributed by atoms with van der Waals surface area (Å²) in [6.07, 6.45) is 0. The predicted molar refractivity (Wildman–Crippen MR) is 87.0 cm³/mol. The van der Waals surface area contributed by atoms with Gasteiger partial charge in [0, 0.05) is 5.02 Å². The van der Waals surface area contributed by atoms with Crippen molar-refractivity contribution in [3.05, 3.63) is 40.6 Å². The number of nitrogens with zero attached hydrogens (tertiary/aromatic N) is 2. The highest BCUT2D eigenvalue weighted by atomic mass is 35.5. The summed E-state index contributed by atoms with van der Waals surface area (Å²) in [4.78, 5) is 18.4. The van der Waals surface area contributed by atoms with Crippen LogP contribution in [-0.4, -0.2) is 30.6 Å². The third-order valence-corrected chi connectivity index (χ3v) is 3.96. The number of hydrogen-bond donors (Lipinski definition) is 1. The zero-order valence-corrected chi connectivity index (χ0v) is 13.8. The Balaban J connectivity index is 1.61. The van der Waals surface area contributed by atoms with Gasteiger partial charge in [0.05, 0.1) is 31.0 Å². The number of fused-ring (bicyclic) bond motifs is 1. The molecule has 0 fully saturated rings. The van der Waals surface area contributed by atoms with Gasteiger partial charge in [-0.2, -0.15) is 0 Å². The molecule has 1 aliphatic rings. The van der Waals surface area contributed by atoms with Crippen LogP contribution >= 0.6 is 11.6 Å². The first-order chi connectivity index (χ1) is 11.0. The van der Waals surface area contributed by atoms with E-state index in [1.807, 2.05) is 30.9 Å². The van der Waals surface area contributed by atoms with Gasteiger partial charge in [-0.1, -0.05) is 11.6 Å². The molecule has 0 unspecified atom stereocenters. The van der Waals surface area contributed by atoms with Crippen LogP contribution in [0.2, 0.25) is 5.02 Å². The first-order valence-electron chi connectivity index (χ1n) is 7.40. The zero-order valence-electron chi connectivity index (χ0n) is 13.1. The number of nitrogens with one attached hydrogen (secondary N) is 1. The average Bonchev–Trinajstić information content (AvgIpc) is 2.84. The second-order valence-corrected chi connectivity index (χ2v) is 5.84. The van der Waals surface area contributed by atoms with Crippen LogP contribution in [0.5, 0.6) is 5.75 Å². The third-order valence-electron chi connectivity index (χ3n) is 3.72. The molecule has 1 aromatic carbocycles. The second kappa shape index (κ2) is 6.50. The van der Waals surface area contributed by atoms with Crippen molar-refractivity contribution in [3.63, 3.8) is 0 Å². The molecule has 6 nitrogen and oxygen atoms in total. The number of carbonyl (C=O) groups excluding carboxylic acids is 1. The van der Waals surface area contributed by atoms with E-state index >= 15 is 0 Å². The summed E-state index contributed by atoms with van der Waals surface area (Å²) in [5.41, 5.74) is 1.67. The smallest absolute Gasteiger partial charge is 0.239 e. The average molecular weight is 336 g/mol. The van der Waals surface area contributed by atoms with Crippen LogP contribution in [0.25, 0.3) is 0 Å². The van der Waals surface area contributed by atoms with Crippen LogP contribution < -0.4 is 15.0 Å². The van der Waals surface area contributed by atoms with Crippen molar-refractivity contribution in [2.24, 2.45) is 0 Å². The topological polar surface area (TPSA) is 67.6 Å². The molecule has 23 heavy (non-hydrogen) atoms. The van der Waals surface area contributed by atoms with Crippen LogP contribution in [0.4, 0.5) is 5.69 Å². The van der Waals surface area contributed by atoms with Gasteiger partial charge in [-0.15, -0.1) is 0 Å². The maximum Gasteiger partial charge on any atom is 0.239 e. The molecular weight excluding hydrogens is 318 g/mol. The molecule has 1 aromatic heterocycles. The summed E-state index contributed by atoms with van der Waals surface area (Å²) >= 11 is 6.03. The van der Waals surface area contributed by atoms with E-state index in [4.69, 9.17) is 20.8 Å². The number of carbonyl (C=O) groups is 1. The third kappa shape index (κ3) is 3.59. The molecule has 2 heterocycles. The van der Waals surface area contributed by atoms with Crippen LogP contribution in [-0.2, 0) is 11.3 Å². The Morgan fingerprint density at radius 3 is 3.00 bits per heavy atom.